The van der Waals surface area contributed by atoms with Crippen molar-refractivity contribution in [3.63, 3.8) is 0 Å². The van der Waals surface area contributed by atoms with Crippen molar-refractivity contribution in [1.82, 2.24) is 0 Å². The summed E-state index contributed by atoms with van der Waals surface area (Å²) in [5.74, 6) is 0.882. The van der Waals surface area contributed by atoms with Crippen LogP contribution in [0.25, 0.3) is 0 Å². The van der Waals surface area contributed by atoms with Crippen LogP contribution < -0.4 is 51.4 Å². The maximum atomic E-state index is 14.6. The zero-order valence-electron chi connectivity index (χ0n) is 43.6. The molecule has 0 atom stereocenters. The molecule has 412 valence electrons. The van der Waals surface area contributed by atoms with Crippen LogP contribution in [-0.2, 0) is 26.8 Å². The fraction of sp³-hybridized carbons (Fsp3) is 0.0448. The number of nitrogens with zero attached hydrogens (tertiary/aromatic N) is 3. The van der Waals surface area contributed by atoms with Crippen LogP contribution in [0.3, 0.4) is 0 Å². The summed E-state index contributed by atoms with van der Waals surface area (Å²) >= 11 is 0. The van der Waals surface area contributed by atoms with Gasteiger partial charge in [0.15, 0.2) is 14.3 Å². The lowest BCUT2D eigenvalue weighted by Crippen LogP contribution is -2.25. The van der Waals surface area contributed by atoms with Crippen molar-refractivity contribution < 1.29 is 48.2 Å². The van der Waals surface area contributed by atoms with Gasteiger partial charge < -0.3 is 38.7 Å². The molecule has 0 unspecified atom stereocenters. The molecule has 4 N–H and O–H groups in total. The number of hydrogen-bond acceptors (Lipinski definition) is 13. The number of amides is 1. The Bertz CT molecular complexity index is 3900. The number of ether oxygens (including phenoxy) is 3. The van der Waals surface area contributed by atoms with Gasteiger partial charge in [0, 0.05) is 26.9 Å². The Morgan fingerprint density at radius 2 is 0.807 bits per heavy atom. The van der Waals surface area contributed by atoms with Gasteiger partial charge in [0.1, 0.15) is 34.5 Å². The lowest BCUT2D eigenvalue weighted by Gasteiger charge is -2.21. The largest absolute Gasteiger partial charge is 0.508 e. The highest BCUT2D eigenvalue weighted by Crippen LogP contribution is 2.47. The van der Waals surface area contributed by atoms with E-state index in [4.69, 9.17) is 24.7 Å². The van der Waals surface area contributed by atoms with Crippen molar-refractivity contribution in [2.45, 2.75) is 20.3 Å². The minimum Gasteiger partial charge on any atom is -0.508 e. The lowest BCUT2D eigenvalue weighted by molar-refractivity contribution is 0.215. The second-order valence-electron chi connectivity index (χ2n) is 18.0. The van der Waals surface area contributed by atoms with Gasteiger partial charge in [-0.2, -0.15) is 4.99 Å². The van der Waals surface area contributed by atoms with E-state index in [1.807, 2.05) is 97.1 Å². The van der Waals surface area contributed by atoms with E-state index in [0.717, 1.165) is 28.7 Å². The number of nitrogens with one attached hydrogen (secondary N) is 1. The Balaban J connectivity index is 0.000000198. The van der Waals surface area contributed by atoms with Gasteiger partial charge >= 0.3 is 6.09 Å². The van der Waals surface area contributed by atoms with Gasteiger partial charge in [0.05, 0.1) is 16.3 Å². The standard InChI is InChI=1S/C33H25N2O5P.C18H15O3P.C15H10N2O2.CH4/c34-23-39-27-17-13-25(14-18-27)21-24-11-15-26(16-12-24)35-33(37)40-28-19-20-31(36)32(22-28)41(38,29-7-3-1-4-8-29)30-9-5-2-6-10-30;19-14-11-12-17(20)18(13-14)22(21,15-7-3-1-4-8-15)16-9-5-2-6-10-16;16-10-19-15-7-3-13(4-8-15)9-12-1-5-14(6-2-12)17-11-18;/h1-20,22,36H,21H2,(H,35,37);1-13,19-20H;1-8H,9H2;1H4. The Hall–Kier alpha value is -10.7. The fourth-order valence-electron chi connectivity index (χ4n) is 8.61. The first-order valence-corrected chi connectivity index (χ1v) is 28.6. The van der Waals surface area contributed by atoms with E-state index in [9.17, 15) is 34.0 Å². The highest BCUT2D eigenvalue weighted by molar-refractivity contribution is 7.86. The molecule has 0 saturated heterocycles. The predicted octanol–water partition coefficient (Wildman–Crippen LogP) is 12.6. The van der Waals surface area contributed by atoms with Crippen molar-refractivity contribution in [3.05, 3.63) is 277 Å². The van der Waals surface area contributed by atoms with Gasteiger partial charge in [0.25, 0.3) is 12.5 Å². The number of isocyanates is 1. The molecule has 0 radical (unpaired) electrons. The van der Waals surface area contributed by atoms with E-state index in [1.54, 1.807) is 134 Å². The van der Waals surface area contributed by atoms with Crippen molar-refractivity contribution in [2.75, 3.05) is 5.32 Å². The Morgan fingerprint density at radius 3 is 1.19 bits per heavy atom. The molecule has 10 rings (SSSR count). The first-order valence-electron chi connectivity index (χ1n) is 25.2. The van der Waals surface area contributed by atoms with E-state index in [-0.39, 0.29) is 41.0 Å². The number of rotatable bonds is 15. The monoisotopic (exact) mass is 1140 g/mol. The topological polar surface area (TPSA) is 229 Å². The molecule has 0 fully saturated rings. The number of nitriles is 2. The summed E-state index contributed by atoms with van der Waals surface area (Å²) in [6.45, 7) is 0. The number of phenolic OH excluding ortho intramolecular Hbond substituents is 3. The predicted molar refractivity (Wildman–Crippen MR) is 325 cm³/mol. The minimum absolute atomic E-state index is 0. The Morgan fingerprint density at radius 1 is 0.458 bits per heavy atom. The lowest BCUT2D eigenvalue weighted by atomic mass is 10.0. The summed E-state index contributed by atoms with van der Waals surface area (Å²) in [5.41, 5.74) is 5.42. The molecule has 0 heterocycles. The summed E-state index contributed by atoms with van der Waals surface area (Å²) in [4.78, 5) is 26.4. The average molecular weight is 1140 g/mol. The molecule has 10 aromatic carbocycles. The minimum atomic E-state index is -3.47. The van der Waals surface area contributed by atoms with Gasteiger partial charge in [-0.1, -0.05) is 177 Å². The van der Waals surface area contributed by atoms with Crippen LogP contribution in [0.1, 0.15) is 29.7 Å². The molecule has 0 spiro atoms. The molecular weight excluding hydrogens is 1080 g/mol. The number of carbonyl (C=O) groups is 1. The molecule has 0 bridgehead atoms. The Labute approximate surface area is 480 Å². The van der Waals surface area contributed by atoms with Crippen molar-refractivity contribution in [2.24, 2.45) is 4.99 Å². The van der Waals surface area contributed by atoms with E-state index in [2.05, 4.69) is 10.3 Å². The summed E-state index contributed by atoms with van der Waals surface area (Å²) < 4.78 is 43.6. The highest BCUT2D eigenvalue weighted by Gasteiger charge is 2.34. The average Bonchev–Trinajstić information content (AvgIpc) is 3.11. The van der Waals surface area contributed by atoms with Crippen LogP contribution in [-0.4, -0.2) is 27.5 Å². The van der Waals surface area contributed by atoms with Crippen LogP contribution in [0, 0.1) is 23.0 Å². The quantitative estimate of drug-likeness (QED) is 0.0247. The van der Waals surface area contributed by atoms with Crippen LogP contribution in [0.5, 0.6) is 34.5 Å². The molecule has 1 amide bonds. The van der Waals surface area contributed by atoms with E-state index < -0.39 is 20.4 Å². The van der Waals surface area contributed by atoms with Gasteiger partial charge in [-0.05, 0) is 120 Å². The Kier molecular flexibility index (Phi) is 20.9. The van der Waals surface area contributed by atoms with Crippen LogP contribution in [0.4, 0.5) is 16.2 Å². The zero-order valence-corrected chi connectivity index (χ0v) is 45.4. The molecule has 10 aromatic rings. The molecule has 0 saturated carbocycles. The third-order valence-corrected chi connectivity index (χ3v) is 18.8. The summed E-state index contributed by atoms with van der Waals surface area (Å²) in [7, 11) is -6.73. The number of anilines is 1. The molecule has 16 heteroatoms. The van der Waals surface area contributed by atoms with Crippen LogP contribution >= 0.6 is 14.3 Å². The first-order chi connectivity index (χ1) is 39.9. The third kappa shape index (κ3) is 15.6. The smallest absolute Gasteiger partial charge is 0.417 e. The third-order valence-electron chi connectivity index (χ3n) is 12.6. The van der Waals surface area contributed by atoms with Gasteiger partial charge in [0.2, 0.25) is 6.08 Å². The number of carbonyl (C=O) groups excluding carboxylic acids is 2. The maximum absolute atomic E-state index is 14.6. The molecule has 83 heavy (non-hydrogen) atoms. The van der Waals surface area contributed by atoms with Crippen molar-refractivity contribution in [3.8, 4) is 47.0 Å². The molecule has 0 aliphatic heterocycles. The molecule has 0 aliphatic rings. The second kappa shape index (κ2) is 29.0. The number of aliphatic imine (C=N–C) groups is 1. The van der Waals surface area contributed by atoms with Gasteiger partial charge in [-0.25, -0.2) is 9.59 Å². The molecule has 0 aliphatic carbocycles. The molecule has 14 nitrogen and oxygen atoms in total. The van der Waals surface area contributed by atoms with Crippen LogP contribution in [0.15, 0.2) is 260 Å². The highest BCUT2D eigenvalue weighted by atomic mass is 31.2. The van der Waals surface area contributed by atoms with Crippen molar-refractivity contribution >= 4 is 69.7 Å². The summed E-state index contributed by atoms with van der Waals surface area (Å²) in [6.07, 6.45) is 5.48. The number of hydrogen-bond donors (Lipinski definition) is 4. The second-order valence-corrected chi connectivity index (χ2v) is 23.5. The first kappa shape index (κ1) is 59.9. The molecular formula is C67H54N4O10P2. The van der Waals surface area contributed by atoms with E-state index in [1.165, 1.54) is 42.5 Å². The number of aromatic hydroxyl groups is 3. The summed E-state index contributed by atoms with van der Waals surface area (Å²) in [6, 6.07) is 73.6. The summed E-state index contributed by atoms with van der Waals surface area (Å²) in [5, 5.41) is 53.2. The fourth-order valence-corrected chi connectivity index (χ4v) is 14.1. The van der Waals surface area contributed by atoms with E-state index in [0.29, 0.717) is 50.5 Å². The number of benzene rings is 10. The zero-order chi connectivity index (χ0) is 57.7. The SMILES string of the molecule is C.N#COc1ccc(Cc2ccc(N=C=O)cc2)cc1.N#COc1ccc(Cc2ccc(NC(=O)Oc3ccc(O)c(P(=O)(c4ccccc4)c4ccccc4)c3)cc2)cc1.O=P(c1ccccc1)(c1ccccc1)c1cc(O)ccc1O. The normalized spacial score (nSPS) is 10.4. The van der Waals surface area contributed by atoms with E-state index >= 15 is 0 Å². The number of phenols is 3. The van der Waals surface area contributed by atoms with Gasteiger partial charge in [-0.3, -0.25) is 5.32 Å². The van der Waals surface area contributed by atoms with Crippen LogP contribution in [0.2, 0.25) is 0 Å². The molecule has 0 aromatic heterocycles. The maximum Gasteiger partial charge on any atom is 0.417 e. The van der Waals surface area contributed by atoms with Crippen molar-refractivity contribution in [1.29, 1.82) is 10.5 Å². The van der Waals surface area contributed by atoms with Gasteiger partial charge in [-0.15, -0.1) is 10.5 Å².